The van der Waals surface area contributed by atoms with Crippen molar-refractivity contribution >= 4 is 17.9 Å². The van der Waals surface area contributed by atoms with Crippen LogP contribution in [0.4, 0.5) is 0 Å². The zero-order valence-electron chi connectivity index (χ0n) is 16.4. The molecule has 146 valence electrons. The van der Waals surface area contributed by atoms with Crippen LogP contribution in [0.15, 0.2) is 66.7 Å². The molecule has 1 atom stereocenters. The maximum atomic E-state index is 12.5. The lowest BCUT2D eigenvalue weighted by molar-refractivity contribution is -0.132. The summed E-state index contributed by atoms with van der Waals surface area (Å²) >= 11 is 0. The normalized spacial score (nSPS) is 16.1. The van der Waals surface area contributed by atoms with Crippen molar-refractivity contribution in [1.82, 2.24) is 10.2 Å². The maximum absolute atomic E-state index is 12.5. The quantitative estimate of drug-likeness (QED) is 0.779. The first-order chi connectivity index (χ1) is 13.6. The number of piperidine rings is 1. The fourth-order valence-electron chi connectivity index (χ4n) is 3.50. The third kappa shape index (κ3) is 5.56. The van der Waals surface area contributed by atoms with Gasteiger partial charge in [-0.2, -0.15) is 0 Å². The van der Waals surface area contributed by atoms with E-state index in [1.807, 2.05) is 59.5 Å². The molecule has 2 aromatic carbocycles. The second-order valence-corrected chi connectivity index (χ2v) is 7.40. The molecule has 1 fully saturated rings. The molecular weight excluding hydrogens is 348 g/mol. The highest BCUT2D eigenvalue weighted by Crippen LogP contribution is 2.19. The molecule has 1 aliphatic heterocycles. The second-order valence-electron chi connectivity index (χ2n) is 7.40. The van der Waals surface area contributed by atoms with Crippen LogP contribution in [0.5, 0.6) is 0 Å². The number of carbonyl (C=O) groups excluding carboxylic acids is 2. The van der Waals surface area contributed by atoms with Crippen molar-refractivity contribution in [1.29, 1.82) is 0 Å². The lowest BCUT2D eigenvalue weighted by Gasteiger charge is -2.31. The van der Waals surface area contributed by atoms with Crippen LogP contribution in [0.2, 0.25) is 0 Å². The molecule has 1 N–H and O–H groups in total. The molecule has 0 bridgehead atoms. The van der Waals surface area contributed by atoms with Crippen molar-refractivity contribution in [2.75, 3.05) is 19.6 Å². The minimum absolute atomic E-state index is 0.00914. The summed E-state index contributed by atoms with van der Waals surface area (Å²) in [6.45, 7) is 4.02. The summed E-state index contributed by atoms with van der Waals surface area (Å²) in [6.07, 6.45) is 4.90. The van der Waals surface area contributed by atoms with Crippen molar-refractivity contribution in [2.24, 2.45) is 5.92 Å². The summed E-state index contributed by atoms with van der Waals surface area (Å²) in [6, 6.07) is 20.0. The van der Waals surface area contributed by atoms with Gasteiger partial charge in [-0.1, -0.05) is 67.6 Å². The fraction of sp³-hybridized carbons (Fsp3) is 0.333. The Kier molecular flexibility index (Phi) is 7.01. The first kappa shape index (κ1) is 19.9. The minimum atomic E-state index is -0.00914. The van der Waals surface area contributed by atoms with Crippen molar-refractivity contribution in [3.63, 3.8) is 0 Å². The molecule has 1 saturated heterocycles. The summed E-state index contributed by atoms with van der Waals surface area (Å²) < 4.78 is 0. The summed E-state index contributed by atoms with van der Waals surface area (Å²) in [5.74, 6) is 0.398. The first-order valence-corrected chi connectivity index (χ1v) is 9.98. The topological polar surface area (TPSA) is 49.4 Å². The van der Waals surface area contributed by atoms with Crippen LogP contribution in [0.3, 0.4) is 0 Å². The fourth-order valence-corrected chi connectivity index (χ4v) is 3.50. The lowest BCUT2D eigenvalue weighted by Crippen LogP contribution is -2.43. The monoisotopic (exact) mass is 376 g/mol. The van der Waals surface area contributed by atoms with E-state index in [9.17, 15) is 9.59 Å². The number of rotatable bonds is 6. The van der Waals surface area contributed by atoms with Crippen LogP contribution >= 0.6 is 0 Å². The molecule has 1 aliphatic rings. The zero-order chi connectivity index (χ0) is 19.8. The number of likely N-dealkylation sites (tertiary alicyclic amines) is 1. The van der Waals surface area contributed by atoms with Gasteiger partial charge in [0.2, 0.25) is 11.8 Å². The van der Waals surface area contributed by atoms with Crippen LogP contribution < -0.4 is 5.32 Å². The van der Waals surface area contributed by atoms with Crippen LogP contribution in [-0.4, -0.2) is 36.3 Å². The molecule has 2 aromatic rings. The van der Waals surface area contributed by atoms with Gasteiger partial charge in [-0.25, -0.2) is 0 Å². The first-order valence-electron chi connectivity index (χ1n) is 9.98. The summed E-state index contributed by atoms with van der Waals surface area (Å²) in [7, 11) is 0. The molecule has 4 heteroatoms. The van der Waals surface area contributed by atoms with E-state index in [1.54, 1.807) is 6.08 Å². The highest BCUT2D eigenvalue weighted by Gasteiger charge is 2.26. The Hall–Kier alpha value is -2.88. The average molecular weight is 377 g/mol. The standard InChI is InChI=1S/C24H28N2O2/c1-19(21-10-6-3-7-11-21)18-25-24(28)22-14-16-26(17-15-22)23(27)13-12-20-8-4-2-5-9-20/h2-13,19,22H,14-18H2,1H3,(H,25,28). The summed E-state index contributed by atoms with van der Waals surface area (Å²) in [5.41, 5.74) is 2.24. The van der Waals surface area contributed by atoms with E-state index in [-0.39, 0.29) is 23.7 Å². The Bertz CT molecular complexity index is 794. The molecule has 3 rings (SSSR count). The van der Waals surface area contributed by atoms with Gasteiger partial charge in [-0.05, 0) is 36.0 Å². The smallest absolute Gasteiger partial charge is 0.246 e. The maximum Gasteiger partial charge on any atom is 0.246 e. The molecule has 0 radical (unpaired) electrons. The highest BCUT2D eigenvalue weighted by atomic mass is 16.2. The number of amides is 2. The number of nitrogens with one attached hydrogen (secondary N) is 1. The van der Waals surface area contributed by atoms with Crippen LogP contribution in [0.25, 0.3) is 6.08 Å². The van der Waals surface area contributed by atoms with Crippen LogP contribution in [0, 0.1) is 5.92 Å². The lowest BCUT2D eigenvalue weighted by atomic mass is 9.95. The van der Waals surface area contributed by atoms with Gasteiger partial charge in [-0.3, -0.25) is 9.59 Å². The molecule has 0 aromatic heterocycles. The molecule has 0 aliphatic carbocycles. The van der Waals surface area contributed by atoms with Gasteiger partial charge in [0.25, 0.3) is 0 Å². The Balaban J connectivity index is 1.42. The Morgan fingerprint density at radius 3 is 2.29 bits per heavy atom. The molecule has 2 amide bonds. The minimum Gasteiger partial charge on any atom is -0.355 e. The Morgan fingerprint density at radius 2 is 1.64 bits per heavy atom. The number of nitrogens with zero attached hydrogens (tertiary/aromatic N) is 1. The molecule has 4 nitrogen and oxygen atoms in total. The van der Waals surface area contributed by atoms with Gasteiger partial charge >= 0.3 is 0 Å². The van der Waals surface area contributed by atoms with Gasteiger partial charge in [0.1, 0.15) is 0 Å². The number of hydrogen-bond donors (Lipinski definition) is 1. The van der Waals surface area contributed by atoms with Gasteiger partial charge in [0, 0.05) is 31.6 Å². The van der Waals surface area contributed by atoms with Gasteiger partial charge in [0.05, 0.1) is 0 Å². The SMILES string of the molecule is CC(CNC(=O)C1CCN(C(=O)C=Cc2ccccc2)CC1)c1ccccc1. The molecule has 0 saturated carbocycles. The number of carbonyl (C=O) groups is 2. The highest BCUT2D eigenvalue weighted by molar-refractivity contribution is 5.92. The van der Waals surface area contributed by atoms with E-state index >= 15 is 0 Å². The van der Waals surface area contributed by atoms with E-state index in [1.165, 1.54) is 5.56 Å². The van der Waals surface area contributed by atoms with Crippen molar-refractivity contribution in [2.45, 2.75) is 25.7 Å². The van der Waals surface area contributed by atoms with Gasteiger partial charge in [0.15, 0.2) is 0 Å². The van der Waals surface area contributed by atoms with Crippen molar-refractivity contribution in [3.8, 4) is 0 Å². The zero-order valence-corrected chi connectivity index (χ0v) is 16.4. The third-order valence-corrected chi connectivity index (χ3v) is 5.35. The van der Waals surface area contributed by atoms with Gasteiger partial charge < -0.3 is 10.2 Å². The number of hydrogen-bond acceptors (Lipinski definition) is 2. The predicted molar refractivity (Wildman–Crippen MR) is 113 cm³/mol. The molecular formula is C24H28N2O2. The molecule has 1 heterocycles. The van der Waals surface area contributed by atoms with Crippen molar-refractivity contribution in [3.05, 3.63) is 77.9 Å². The Morgan fingerprint density at radius 1 is 1.04 bits per heavy atom. The molecule has 28 heavy (non-hydrogen) atoms. The molecule has 0 spiro atoms. The van der Waals surface area contributed by atoms with E-state index in [2.05, 4.69) is 24.4 Å². The molecule has 1 unspecified atom stereocenters. The summed E-state index contributed by atoms with van der Waals surface area (Å²) in [4.78, 5) is 26.7. The van der Waals surface area contributed by atoms with Gasteiger partial charge in [-0.15, -0.1) is 0 Å². The van der Waals surface area contributed by atoms with Crippen LogP contribution in [-0.2, 0) is 9.59 Å². The second kappa shape index (κ2) is 9.88. The third-order valence-electron chi connectivity index (χ3n) is 5.35. The number of benzene rings is 2. The Labute approximate surface area is 167 Å². The van der Waals surface area contributed by atoms with E-state index in [4.69, 9.17) is 0 Å². The van der Waals surface area contributed by atoms with E-state index in [0.29, 0.717) is 19.6 Å². The van der Waals surface area contributed by atoms with Crippen molar-refractivity contribution < 1.29 is 9.59 Å². The predicted octanol–water partition coefficient (Wildman–Crippen LogP) is 3.86. The van der Waals surface area contributed by atoms with Crippen LogP contribution in [0.1, 0.15) is 36.8 Å². The average Bonchev–Trinajstić information content (AvgIpc) is 2.77. The largest absolute Gasteiger partial charge is 0.355 e. The summed E-state index contributed by atoms with van der Waals surface area (Å²) in [5, 5.41) is 3.08. The van der Waals surface area contributed by atoms with E-state index in [0.717, 1.165) is 18.4 Å². The van der Waals surface area contributed by atoms with E-state index < -0.39 is 0 Å².